The molecule has 0 spiro atoms. The average Bonchev–Trinajstić information content (AvgIpc) is 2.35. The first kappa shape index (κ1) is 13.3. The Labute approximate surface area is 106 Å². The Morgan fingerprint density at radius 2 is 2.06 bits per heavy atom. The van der Waals surface area contributed by atoms with Gasteiger partial charge in [0.05, 0.1) is 0 Å². The molecule has 0 bridgehead atoms. The van der Waals surface area contributed by atoms with Crippen LogP contribution < -0.4 is 5.73 Å². The molecule has 2 N–H and O–H groups in total. The lowest BCUT2D eigenvalue weighted by Gasteiger charge is -2.44. The van der Waals surface area contributed by atoms with E-state index in [1.54, 1.807) is 0 Å². The molecular weight excluding hydrogens is 212 g/mol. The lowest BCUT2D eigenvalue weighted by atomic mass is 9.77. The summed E-state index contributed by atoms with van der Waals surface area (Å²) >= 11 is 0. The highest BCUT2D eigenvalue weighted by Crippen LogP contribution is 2.35. The predicted octanol–water partition coefficient (Wildman–Crippen LogP) is 1.86. The van der Waals surface area contributed by atoms with Crippen LogP contribution in [0.4, 0.5) is 0 Å². The molecule has 0 amide bonds. The van der Waals surface area contributed by atoms with Crippen molar-refractivity contribution in [2.24, 2.45) is 17.1 Å². The van der Waals surface area contributed by atoms with Gasteiger partial charge in [0.1, 0.15) is 0 Å². The van der Waals surface area contributed by atoms with Crippen LogP contribution >= 0.6 is 0 Å². The summed E-state index contributed by atoms with van der Waals surface area (Å²) < 4.78 is 5.52. The van der Waals surface area contributed by atoms with Gasteiger partial charge in [-0.2, -0.15) is 0 Å². The Morgan fingerprint density at radius 3 is 2.65 bits per heavy atom. The normalized spacial score (nSPS) is 34.8. The van der Waals surface area contributed by atoms with E-state index in [9.17, 15) is 0 Å². The second-order valence-electron chi connectivity index (χ2n) is 6.13. The fourth-order valence-corrected chi connectivity index (χ4v) is 3.30. The van der Waals surface area contributed by atoms with Crippen LogP contribution in [0.1, 0.15) is 39.5 Å². The van der Waals surface area contributed by atoms with Gasteiger partial charge in [0.15, 0.2) is 0 Å². The summed E-state index contributed by atoms with van der Waals surface area (Å²) in [7, 11) is 0. The van der Waals surface area contributed by atoms with Crippen molar-refractivity contribution in [3.8, 4) is 0 Å². The quantitative estimate of drug-likeness (QED) is 0.818. The zero-order valence-electron chi connectivity index (χ0n) is 11.5. The minimum atomic E-state index is 0.415. The molecule has 3 heteroatoms. The van der Waals surface area contributed by atoms with E-state index in [0.717, 1.165) is 19.6 Å². The Bertz CT molecular complexity index is 238. The third kappa shape index (κ3) is 3.21. The molecule has 2 aliphatic heterocycles. The summed E-state index contributed by atoms with van der Waals surface area (Å²) in [6.07, 6.45) is 4.92. The Morgan fingerprint density at radius 1 is 1.35 bits per heavy atom. The highest BCUT2D eigenvalue weighted by molar-refractivity contribution is 4.88. The molecule has 0 aliphatic carbocycles. The molecule has 0 aromatic heterocycles. The topological polar surface area (TPSA) is 38.5 Å². The maximum Gasteiger partial charge on any atom is 0.0471 e. The van der Waals surface area contributed by atoms with Gasteiger partial charge in [-0.05, 0) is 43.6 Å². The minimum absolute atomic E-state index is 0.415. The van der Waals surface area contributed by atoms with Crippen molar-refractivity contribution in [3.63, 3.8) is 0 Å². The van der Waals surface area contributed by atoms with Gasteiger partial charge in [-0.15, -0.1) is 0 Å². The van der Waals surface area contributed by atoms with E-state index in [0.29, 0.717) is 17.4 Å². The standard InChI is InChI=1S/C14H28N2O/c1-3-14(5-8-17-9-6-14)11-16-7-4-13(15)12(2)10-16/h12-13H,3-11,15H2,1-2H3. The summed E-state index contributed by atoms with van der Waals surface area (Å²) in [6.45, 7) is 10.2. The van der Waals surface area contributed by atoms with Gasteiger partial charge in [-0.1, -0.05) is 13.8 Å². The summed E-state index contributed by atoms with van der Waals surface area (Å²) in [5, 5.41) is 0. The molecule has 0 radical (unpaired) electrons. The molecule has 2 aliphatic rings. The second kappa shape index (κ2) is 5.68. The van der Waals surface area contributed by atoms with Crippen LogP contribution in [0.3, 0.4) is 0 Å². The van der Waals surface area contributed by atoms with Crippen LogP contribution in [0.15, 0.2) is 0 Å². The molecule has 2 heterocycles. The Hall–Kier alpha value is -0.120. The zero-order chi connectivity index (χ0) is 12.3. The van der Waals surface area contributed by atoms with Gasteiger partial charge in [-0.25, -0.2) is 0 Å². The smallest absolute Gasteiger partial charge is 0.0471 e. The highest BCUT2D eigenvalue weighted by Gasteiger charge is 2.34. The predicted molar refractivity (Wildman–Crippen MR) is 71.0 cm³/mol. The van der Waals surface area contributed by atoms with E-state index in [1.807, 2.05) is 0 Å². The molecule has 2 saturated heterocycles. The van der Waals surface area contributed by atoms with Crippen molar-refractivity contribution in [1.29, 1.82) is 0 Å². The third-order valence-corrected chi connectivity index (χ3v) is 4.92. The van der Waals surface area contributed by atoms with E-state index in [1.165, 1.54) is 38.9 Å². The van der Waals surface area contributed by atoms with Crippen LogP contribution in [0, 0.1) is 11.3 Å². The summed E-state index contributed by atoms with van der Waals surface area (Å²) in [6, 6.07) is 0.415. The van der Waals surface area contributed by atoms with Crippen LogP contribution in [0.5, 0.6) is 0 Å². The number of likely N-dealkylation sites (tertiary alicyclic amines) is 1. The molecule has 2 rings (SSSR count). The summed E-state index contributed by atoms with van der Waals surface area (Å²) in [5.41, 5.74) is 6.61. The Balaban J connectivity index is 1.90. The molecule has 0 aromatic rings. The number of nitrogens with two attached hydrogens (primary N) is 1. The summed E-state index contributed by atoms with van der Waals surface area (Å²) in [5.74, 6) is 0.650. The number of nitrogens with zero attached hydrogens (tertiary/aromatic N) is 1. The van der Waals surface area contributed by atoms with E-state index in [4.69, 9.17) is 10.5 Å². The van der Waals surface area contributed by atoms with Crippen molar-refractivity contribution < 1.29 is 4.74 Å². The van der Waals surface area contributed by atoms with Gasteiger partial charge in [0, 0.05) is 32.3 Å². The number of piperidine rings is 1. The number of hydrogen-bond donors (Lipinski definition) is 1. The minimum Gasteiger partial charge on any atom is -0.381 e. The first-order valence-corrected chi connectivity index (χ1v) is 7.21. The summed E-state index contributed by atoms with van der Waals surface area (Å²) in [4.78, 5) is 2.64. The van der Waals surface area contributed by atoms with E-state index in [-0.39, 0.29) is 0 Å². The SMILES string of the molecule is CCC1(CN2CCC(N)C(C)C2)CCOCC1. The molecule has 2 unspecified atom stereocenters. The van der Waals surface area contributed by atoms with Crippen LogP contribution in [-0.2, 0) is 4.74 Å². The van der Waals surface area contributed by atoms with Crippen molar-refractivity contribution in [2.75, 3.05) is 32.8 Å². The zero-order valence-corrected chi connectivity index (χ0v) is 11.5. The molecule has 2 fully saturated rings. The van der Waals surface area contributed by atoms with Crippen molar-refractivity contribution in [2.45, 2.75) is 45.6 Å². The number of rotatable bonds is 3. The molecule has 100 valence electrons. The lowest BCUT2D eigenvalue weighted by molar-refractivity contribution is -0.0142. The third-order valence-electron chi connectivity index (χ3n) is 4.92. The Kier molecular flexibility index (Phi) is 4.45. The largest absolute Gasteiger partial charge is 0.381 e. The number of ether oxygens (including phenoxy) is 1. The van der Waals surface area contributed by atoms with Crippen LogP contribution in [0.25, 0.3) is 0 Å². The van der Waals surface area contributed by atoms with Gasteiger partial charge < -0.3 is 15.4 Å². The van der Waals surface area contributed by atoms with Crippen molar-refractivity contribution >= 4 is 0 Å². The monoisotopic (exact) mass is 240 g/mol. The van der Waals surface area contributed by atoms with Crippen LogP contribution in [0.2, 0.25) is 0 Å². The van der Waals surface area contributed by atoms with Crippen molar-refractivity contribution in [3.05, 3.63) is 0 Å². The maximum atomic E-state index is 6.09. The molecular formula is C14H28N2O. The fraction of sp³-hybridized carbons (Fsp3) is 1.00. The molecule has 3 nitrogen and oxygen atoms in total. The molecule has 17 heavy (non-hydrogen) atoms. The first-order valence-electron chi connectivity index (χ1n) is 7.21. The van der Waals surface area contributed by atoms with Gasteiger partial charge in [-0.3, -0.25) is 0 Å². The van der Waals surface area contributed by atoms with Crippen LogP contribution in [-0.4, -0.2) is 43.8 Å². The van der Waals surface area contributed by atoms with Gasteiger partial charge in [0.25, 0.3) is 0 Å². The maximum absolute atomic E-state index is 6.09. The fourth-order valence-electron chi connectivity index (χ4n) is 3.30. The average molecular weight is 240 g/mol. The van der Waals surface area contributed by atoms with Gasteiger partial charge >= 0.3 is 0 Å². The number of hydrogen-bond acceptors (Lipinski definition) is 3. The lowest BCUT2D eigenvalue weighted by Crippen LogP contribution is -2.50. The molecule has 2 atom stereocenters. The molecule has 0 saturated carbocycles. The van der Waals surface area contributed by atoms with E-state index in [2.05, 4.69) is 18.7 Å². The van der Waals surface area contributed by atoms with Gasteiger partial charge in [0.2, 0.25) is 0 Å². The second-order valence-corrected chi connectivity index (χ2v) is 6.13. The van der Waals surface area contributed by atoms with Crippen molar-refractivity contribution in [1.82, 2.24) is 4.90 Å². The molecule has 0 aromatic carbocycles. The van der Waals surface area contributed by atoms with E-state index < -0.39 is 0 Å². The highest BCUT2D eigenvalue weighted by atomic mass is 16.5. The van der Waals surface area contributed by atoms with E-state index >= 15 is 0 Å². The first-order chi connectivity index (χ1) is 8.15.